The molecule has 1 saturated carbocycles. The van der Waals surface area contributed by atoms with Crippen LogP contribution in [0.15, 0.2) is 0 Å². The highest BCUT2D eigenvalue weighted by Gasteiger charge is 2.42. The number of likely N-dealkylation sites (tertiary alicyclic amines) is 1. The van der Waals surface area contributed by atoms with Gasteiger partial charge in [-0.25, -0.2) is 0 Å². The lowest BCUT2D eigenvalue weighted by molar-refractivity contribution is -0.135. The molecule has 1 amide bonds. The summed E-state index contributed by atoms with van der Waals surface area (Å²) < 4.78 is 5.43. The Labute approximate surface area is 103 Å². The van der Waals surface area contributed by atoms with Gasteiger partial charge in [0.05, 0.1) is 19.1 Å². The predicted molar refractivity (Wildman–Crippen MR) is 64.6 cm³/mol. The number of carbonyl (C=O) groups excluding carboxylic acids is 1. The molecule has 1 N–H and O–H groups in total. The van der Waals surface area contributed by atoms with Crippen molar-refractivity contribution >= 4 is 5.91 Å². The standard InChI is InChI=1S/C13H22N2O2/c1-14-12-8-17-7-11(12)13(16)15-5-9-3-2-4-10(9)6-15/h9-12,14H,2-8H2,1H3. The fourth-order valence-electron chi connectivity index (χ4n) is 3.73. The largest absolute Gasteiger partial charge is 0.379 e. The Kier molecular flexibility index (Phi) is 3.09. The van der Waals surface area contributed by atoms with Gasteiger partial charge < -0.3 is 15.0 Å². The highest BCUT2D eigenvalue weighted by molar-refractivity contribution is 5.80. The molecule has 0 bridgehead atoms. The molecule has 0 aromatic heterocycles. The van der Waals surface area contributed by atoms with Gasteiger partial charge in [-0.05, 0) is 31.7 Å². The first-order chi connectivity index (χ1) is 8.29. The van der Waals surface area contributed by atoms with Crippen molar-refractivity contribution in [1.29, 1.82) is 0 Å². The number of fused-ring (bicyclic) bond motifs is 1. The average Bonchev–Trinajstić information content (AvgIpc) is 3.02. The molecule has 2 saturated heterocycles. The van der Waals surface area contributed by atoms with E-state index < -0.39 is 0 Å². The highest BCUT2D eigenvalue weighted by Crippen LogP contribution is 2.38. The van der Waals surface area contributed by atoms with Crippen molar-refractivity contribution in [2.75, 3.05) is 33.4 Å². The van der Waals surface area contributed by atoms with E-state index in [0.717, 1.165) is 24.9 Å². The van der Waals surface area contributed by atoms with E-state index in [1.165, 1.54) is 19.3 Å². The highest BCUT2D eigenvalue weighted by atomic mass is 16.5. The minimum Gasteiger partial charge on any atom is -0.379 e. The molecule has 17 heavy (non-hydrogen) atoms. The van der Waals surface area contributed by atoms with Gasteiger partial charge in [-0.1, -0.05) is 6.42 Å². The fourth-order valence-corrected chi connectivity index (χ4v) is 3.73. The van der Waals surface area contributed by atoms with Gasteiger partial charge in [0.25, 0.3) is 0 Å². The first-order valence-corrected chi connectivity index (χ1v) is 6.83. The molecule has 0 aromatic carbocycles. The normalized spacial score (nSPS) is 40.9. The summed E-state index contributed by atoms with van der Waals surface area (Å²) in [6.07, 6.45) is 4.01. The zero-order chi connectivity index (χ0) is 11.8. The van der Waals surface area contributed by atoms with Crippen LogP contribution in [0.4, 0.5) is 0 Å². The number of nitrogens with zero attached hydrogens (tertiary/aromatic N) is 1. The van der Waals surface area contributed by atoms with Gasteiger partial charge in [0, 0.05) is 19.1 Å². The Morgan fingerprint density at radius 3 is 2.59 bits per heavy atom. The van der Waals surface area contributed by atoms with Gasteiger partial charge in [-0.15, -0.1) is 0 Å². The SMILES string of the molecule is CNC1COCC1C(=O)N1CC2CCCC2C1. The van der Waals surface area contributed by atoms with Crippen LogP contribution in [-0.2, 0) is 9.53 Å². The molecule has 1 aliphatic carbocycles. The van der Waals surface area contributed by atoms with E-state index >= 15 is 0 Å². The van der Waals surface area contributed by atoms with Crippen molar-refractivity contribution in [3.63, 3.8) is 0 Å². The van der Waals surface area contributed by atoms with E-state index in [0.29, 0.717) is 19.1 Å². The van der Waals surface area contributed by atoms with Crippen molar-refractivity contribution in [3.05, 3.63) is 0 Å². The summed E-state index contributed by atoms with van der Waals surface area (Å²) in [5.41, 5.74) is 0. The summed E-state index contributed by atoms with van der Waals surface area (Å²) in [6.45, 7) is 3.26. The van der Waals surface area contributed by atoms with Crippen LogP contribution in [0, 0.1) is 17.8 Å². The molecule has 3 aliphatic rings. The maximum absolute atomic E-state index is 12.5. The van der Waals surface area contributed by atoms with E-state index in [4.69, 9.17) is 4.74 Å². The molecule has 96 valence electrons. The molecule has 4 unspecified atom stereocenters. The number of hydrogen-bond donors (Lipinski definition) is 1. The molecular weight excluding hydrogens is 216 g/mol. The summed E-state index contributed by atoms with van der Waals surface area (Å²) >= 11 is 0. The lowest BCUT2D eigenvalue weighted by Gasteiger charge is -2.24. The third kappa shape index (κ3) is 1.97. The van der Waals surface area contributed by atoms with Crippen LogP contribution in [0.2, 0.25) is 0 Å². The Morgan fingerprint density at radius 2 is 1.94 bits per heavy atom. The molecule has 3 rings (SSSR count). The van der Waals surface area contributed by atoms with Crippen molar-refractivity contribution in [3.8, 4) is 0 Å². The quantitative estimate of drug-likeness (QED) is 0.761. The average molecular weight is 238 g/mol. The zero-order valence-electron chi connectivity index (χ0n) is 10.5. The Morgan fingerprint density at radius 1 is 1.24 bits per heavy atom. The second-order valence-electron chi connectivity index (χ2n) is 5.73. The van der Waals surface area contributed by atoms with E-state index in [2.05, 4.69) is 10.2 Å². The van der Waals surface area contributed by atoms with Crippen LogP contribution in [0.5, 0.6) is 0 Å². The first-order valence-electron chi connectivity index (χ1n) is 6.83. The zero-order valence-corrected chi connectivity index (χ0v) is 10.5. The summed E-state index contributed by atoms with van der Waals surface area (Å²) in [5.74, 6) is 1.93. The molecule has 2 aliphatic heterocycles. The molecule has 3 fully saturated rings. The predicted octanol–water partition coefficient (Wildman–Crippen LogP) is 0.479. The number of nitrogens with one attached hydrogen (secondary N) is 1. The molecular formula is C13H22N2O2. The number of rotatable bonds is 2. The van der Waals surface area contributed by atoms with Gasteiger partial charge in [-0.2, -0.15) is 0 Å². The molecule has 0 aromatic rings. The van der Waals surface area contributed by atoms with Gasteiger partial charge in [0.15, 0.2) is 0 Å². The topological polar surface area (TPSA) is 41.6 Å². The molecule has 4 nitrogen and oxygen atoms in total. The number of amides is 1. The fraction of sp³-hybridized carbons (Fsp3) is 0.923. The molecule has 0 radical (unpaired) electrons. The maximum Gasteiger partial charge on any atom is 0.229 e. The van der Waals surface area contributed by atoms with Gasteiger partial charge in [-0.3, -0.25) is 4.79 Å². The van der Waals surface area contributed by atoms with Crippen molar-refractivity contribution in [2.45, 2.75) is 25.3 Å². The van der Waals surface area contributed by atoms with Gasteiger partial charge in [0.2, 0.25) is 5.91 Å². The molecule has 2 heterocycles. The minimum absolute atomic E-state index is 0.0406. The van der Waals surface area contributed by atoms with Crippen LogP contribution < -0.4 is 5.32 Å². The van der Waals surface area contributed by atoms with Crippen molar-refractivity contribution in [2.24, 2.45) is 17.8 Å². The summed E-state index contributed by atoms with van der Waals surface area (Å²) in [5, 5.41) is 3.20. The van der Waals surface area contributed by atoms with E-state index in [1.54, 1.807) is 0 Å². The number of carbonyl (C=O) groups is 1. The van der Waals surface area contributed by atoms with E-state index in [9.17, 15) is 4.79 Å². The second-order valence-corrected chi connectivity index (χ2v) is 5.73. The Hall–Kier alpha value is -0.610. The lowest BCUT2D eigenvalue weighted by atomic mass is 10.0. The summed E-state index contributed by atoms with van der Waals surface area (Å²) in [4.78, 5) is 14.5. The number of hydrogen-bond acceptors (Lipinski definition) is 3. The molecule has 4 atom stereocenters. The van der Waals surface area contributed by atoms with Gasteiger partial charge in [0.1, 0.15) is 0 Å². The first kappa shape index (κ1) is 11.5. The third-order valence-electron chi connectivity index (χ3n) is 4.81. The van der Waals surface area contributed by atoms with Crippen molar-refractivity contribution in [1.82, 2.24) is 10.2 Å². The van der Waals surface area contributed by atoms with Crippen LogP contribution in [0.25, 0.3) is 0 Å². The van der Waals surface area contributed by atoms with E-state index in [1.807, 2.05) is 7.05 Å². The monoisotopic (exact) mass is 238 g/mol. The third-order valence-corrected chi connectivity index (χ3v) is 4.81. The van der Waals surface area contributed by atoms with E-state index in [-0.39, 0.29) is 12.0 Å². The Balaban J connectivity index is 1.63. The smallest absolute Gasteiger partial charge is 0.229 e. The van der Waals surface area contributed by atoms with Crippen LogP contribution in [0.3, 0.4) is 0 Å². The minimum atomic E-state index is 0.0406. The summed E-state index contributed by atoms with van der Waals surface area (Å²) in [6, 6.07) is 0.211. The van der Waals surface area contributed by atoms with Gasteiger partial charge >= 0.3 is 0 Å². The van der Waals surface area contributed by atoms with Crippen LogP contribution >= 0.6 is 0 Å². The summed E-state index contributed by atoms with van der Waals surface area (Å²) in [7, 11) is 1.92. The maximum atomic E-state index is 12.5. The van der Waals surface area contributed by atoms with Crippen LogP contribution in [0.1, 0.15) is 19.3 Å². The lowest BCUT2D eigenvalue weighted by Crippen LogP contribution is -2.44. The van der Waals surface area contributed by atoms with Crippen molar-refractivity contribution < 1.29 is 9.53 Å². The molecule has 4 heteroatoms. The molecule has 0 spiro atoms. The number of likely N-dealkylation sites (N-methyl/N-ethyl adjacent to an activating group) is 1. The second kappa shape index (κ2) is 4.58. The van der Waals surface area contributed by atoms with Crippen LogP contribution in [-0.4, -0.2) is 50.2 Å². The number of ether oxygens (including phenoxy) is 1. The Bertz CT molecular complexity index is 296.